The summed E-state index contributed by atoms with van der Waals surface area (Å²) in [7, 11) is 1.75. The van der Waals surface area contributed by atoms with Crippen molar-refractivity contribution < 1.29 is 14.6 Å². The van der Waals surface area contributed by atoms with Gasteiger partial charge in [-0.2, -0.15) is 0 Å². The molecule has 0 aliphatic carbocycles. The molecule has 19 heavy (non-hydrogen) atoms. The maximum atomic E-state index is 10.4. The molecule has 0 saturated heterocycles. The number of ether oxygens (including phenoxy) is 1. The van der Waals surface area contributed by atoms with Gasteiger partial charge in [-0.05, 0) is 45.1 Å². The van der Waals surface area contributed by atoms with Crippen LogP contribution < -0.4 is 0 Å². The molecular weight excluding hydrogens is 240 g/mol. The van der Waals surface area contributed by atoms with Gasteiger partial charge in [0.05, 0.1) is 5.60 Å². The Labute approximate surface area is 117 Å². The summed E-state index contributed by atoms with van der Waals surface area (Å²) in [5.41, 5.74) is 0.747. The molecule has 0 spiro atoms. The van der Waals surface area contributed by atoms with Gasteiger partial charge in [0.25, 0.3) is 0 Å². The predicted octanol–water partition coefficient (Wildman–Crippen LogP) is 4.20. The molecule has 0 bridgehead atoms. The standard InChI is InChI=1S/C16H28O3/c1-13(10-7-11-16(3,4)19-5)8-6-9-14(2)12-15(17)18/h6,9,12-13H,7-8,10-11H2,1-5H3,(H,17,18)/b9-6+,14-12?. The van der Waals surface area contributed by atoms with E-state index in [0.717, 1.165) is 24.8 Å². The lowest BCUT2D eigenvalue weighted by molar-refractivity contribution is -0.131. The zero-order valence-corrected chi connectivity index (χ0v) is 12.9. The lowest BCUT2D eigenvalue weighted by Gasteiger charge is -2.23. The van der Waals surface area contributed by atoms with Gasteiger partial charge < -0.3 is 9.84 Å². The van der Waals surface area contributed by atoms with Crippen molar-refractivity contribution in [3.63, 3.8) is 0 Å². The van der Waals surface area contributed by atoms with Crippen LogP contribution in [0.15, 0.2) is 23.8 Å². The molecule has 0 aliphatic rings. The molecule has 1 N–H and O–H groups in total. The average molecular weight is 268 g/mol. The van der Waals surface area contributed by atoms with Crippen molar-refractivity contribution in [3.8, 4) is 0 Å². The van der Waals surface area contributed by atoms with Gasteiger partial charge in [-0.3, -0.25) is 0 Å². The zero-order valence-electron chi connectivity index (χ0n) is 12.9. The number of allylic oxidation sites excluding steroid dienone is 3. The Morgan fingerprint density at radius 2 is 2.05 bits per heavy atom. The number of aliphatic carboxylic acids is 1. The minimum Gasteiger partial charge on any atom is -0.478 e. The van der Waals surface area contributed by atoms with E-state index in [1.54, 1.807) is 14.0 Å². The van der Waals surface area contributed by atoms with Gasteiger partial charge in [0.1, 0.15) is 0 Å². The van der Waals surface area contributed by atoms with E-state index in [4.69, 9.17) is 9.84 Å². The molecule has 0 radical (unpaired) electrons. The highest BCUT2D eigenvalue weighted by Crippen LogP contribution is 2.20. The Hall–Kier alpha value is -1.09. The topological polar surface area (TPSA) is 46.5 Å². The van der Waals surface area contributed by atoms with Crippen molar-refractivity contribution in [2.75, 3.05) is 7.11 Å². The third-order valence-corrected chi connectivity index (χ3v) is 3.30. The van der Waals surface area contributed by atoms with E-state index < -0.39 is 5.97 Å². The molecule has 0 saturated carbocycles. The fourth-order valence-corrected chi connectivity index (χ4v) is 1.83. The van der Waals surface area contributed by atoms with Crippen LogP contribution in [0.2, 0.25) is 0 Å². The zero-order chi connectivity index (χ0) is 14.9. The van der Waals surface area contributed by atoms with Crippen molar-refractivity contribution in [1.82, 2.24) is 0 Å². The molecule has 0 aliphatic heterocycles. The SMILES string of the molecule is COC(C)(C)CCCC(C)C/C=C/C(C)=CC(=O)O. The second kappa shape index (κ2) is 8.92. The molecule has 0 amide bonds. The lowest BCUT2D eigenvalue weighted by atomic mass is 9.95. The van der Waals surface area contributed by atoms with Gasteiger partial charge in [0.15, 0.2) is 0 Å². The van der Waals surface area contributed by atoms with E-state index >= 15 is 0 Å². The van der Waals surface area contributed by atoms with Crippen LogP contribution in [0.3, 0.4) is 0 Å². The average Bonchev–Trinajstić information content (AvgIpc) is 2.27. The fraction of sp³-hybridized carbons (Fsp3) is 0.688. The Balaban J connectivity index is 3.91. The van der Waals surface area contributed by atoms with Crippen molar-refractivity contribution in [2.45, 2.75) is 59.0 Å². The third-order valence-electron chi connectivity index (χ3n) is 3.30. The highest BCUT2D eigenvalue weighted by Gasteiger charge is 2.15. The molecule has 0 heterocycles. The normalized spacial score (nSPS) is 14.9. The smallest absolute Gasteiger partial charge is 0.328 e. The Morgan fingerprint density at radius 3 is 2.58 bits per heavy atom. The van der Waals surface area contributed by atoms with Crippen molar-refractivity contribution in [1.29, 1.82) is 0 Å². The largest absolute Gasteiger partial charge is 0.478 e. The van der Waals surface area contributed by atoms with E-state index in [9.17, 15) is 4.79 Å². The van der Waals surface area contributed by atoms with Crippen LogP contribution in [0.1, 0.15) is 53.4 Å². The predicted molar refractivity (Wildman–Crippen MR) is 79.3 cm³/mol. The molecule has 0 rings (SSSR count). The number of rotatable bonds is 9. The van der Waals surface area contributed by atoms with Crippen LogP contribution in [0, 0.1) is 5.92 Å². The number of carboxylic acid groups (broad SMARTS) is 1. The molecule has 1 atom stereocenters. The molecule has 0 fully saturated rings. The molecule has 0 aromatic heterocycles. The Morgan fingerprint density at radius 1 is 1.42 bits per heavy atom. The minimum absolute atomic E-state index is 0.0314. The van der Waals surface area contributed by atoms with Crippen LogP contribution in [-0.4, -0.2) is 23.8 Å². The lowest BCUT2D eigenvalue weighted by Crippen LogP contribution is -2.22. The molecular formula is C16H28O3. The van der Waals surface area contributed by atoms with E-state index in [2.05, 4.69) is 26.8 Å². The van der Waals surface area contributed by atoms with E-state index in [1.165, 1.54) is 12.5 Å². The van der Waals surface area contributed by atoms with Crippen LogP contribution in [0.25, 0.3) is 0 Å². The van der Waals surface area contributed by atoms with Gasteiger partial charge in [-0.1, -0.05) is 31.9 Å². The maximum Gasteiger partial charge on any atom is 0.328 e. The first-order chi connectivity index (χ1) is 8.76. The van der Waals surface area contributed by atoms with Crippen molar-refractivity contribution in [3.05, 3.63) is 23.8 Å². The molecule has 0 aromatic rings. The summed E-state index contributed by atoms with van der Waals surface area (Å²) in [5, 5.41) is 8.59. The van der Waals surface area contributed by atoms with Gasteiger partial charge in [0, 0.05) is 13.2 Å². The molecule has 1 unspecified atom stereocenters. The maximum absolute atomic E-state index is 10.4. The summed E-state index contributed by atoms with van der Waals surface area (Å²) in [4.78, 5) is 10.4. The summed E-state index contributed by atoms with van der Waals surface area (Å²) in [5.74, 6) is -0.279. The summed E-state index contributed by atoms with van der Waals surface area (Å²) in [6.07, 6.45) is 9.53. The summed E-state index contributed by atoms with van der Waals surface area (Å²) in [6.45, 7) is 8.24. The number of hydrogen-bond donors (Lipinski definition) is 1. The highest BCUT2D eigenvalue weighted by molar-refractivity contribution is 5.81. The monoisotopic (exact) mass is 268 g/mol. The second-order valence-electron chi connectivity index (χ2n) is 5.83. The van der Waals surface area contributed by atoms with Crippen LogP contribution >= 0.6 is 0 Å². The van der Waals surface area contributed by atoms with Crippen molar-refractivity contribution in [2.24, 2.45) is 5.92 Å². The first kappa shape index (κ1) is 17.9. The third kappa shape index (κ3) is 10.5. The number of methoxy groups -OCH3 is 1. The first-order valence-corrected chi connectivity index (χ1v) is 6.90. The summed E-state index contributed by atoms with van der Waals surface area (Å²) < 4.78 is 5.39. The quantitative estimate of drug-likeness (QED) is 0.503. The van der Waals surface area contributed by atoms with E-state index in [0.29, 0.717) is 5.92 Å². The number of carboxylic acids is 1. The Kier molecular flexibility index (Phi) is 8.41. The van der Waals surface area contributed by atoms with Gasteiger partial charge in [0.2, 0.25) is 0 Å². The molecule has 0 aromatic carbocycles. The van der Waals surface area contributed by atoms with Gasteiger partial charge in [-0.25, -0.2) is 4.79 Å². The summed E-state index contributed by atoms with van der Waals surface area (Å²) in [6, 6.07) is 0. The van der Waals surface area contributed by atoms with Crippen LogP contribution in [0.4, 0.5) is 0 Å². The Bertz CT molecular complexity index is 327. The number of carbonyl (C=O) groups is 1. The van der Waals surface area contributed by atoms with Crippen molar-refractivity contribution >= 4 is 5.97 Å². The van der Waals surface area contributed by atoms with Crippen LogP contribution in [-0.2, 0) is 9.53 Å². The first-order valence-electron chi connectivity index (χ1n) is 6.90. The highest BCUT2D eigenvalue weighted by atomic mass is 16.5. The fourth-order valence-electron chi connectivity index (χ4n) is 1.83. The van der Waals surface area contributed by atoms with Gasteiger partial charge >= 0.3 is 5.97 Å². The second-order valence-corrected chi connectivity index (χ2v) is 5.83. The molecule has 3 nitrogen and oxygen atoms in total. The number of hydrogen-bond acceptors (Lipinski definition) is 2. The van der Waals surface area contributed by atoms with E-state index in [-0.39, 0.29) is 5.60 Å². The summed E-state index contributed by atoms with van der Waals surface area (Å²) >= 11 is 0. The molecule has 3 heteroatoms. The van der Waals surface area contributed by atoms with Gasteiger partial charge in [-0.15, -0.1) is 0 Å². The van der Waals surface area contributed by atoms with E-state index in [1.807, 2.05) is 6.08 Å². The minimum atomic E-state index is -0.892. The van der Waals surface area contributed by atoms with Crippen LogP contribution in [0.5, 0.6) is 0 Å². The molecule has 110 valence electrons.